The van der Waals surface area contributed by atoms with Gasteiger partial charge >= 0.3 is 0 Å². The molecule has 0 aliphatic carbocycles. The number of benzene rings is 2. The van der Waals surface area contributed by atoms with Crippen molar-refractivity contribution in [1.29, 1.82) is 0 Å². The summed E-state index contributed by atoms with van der Waals surface area (Å²) >= 11 is 7.50. The highest BCUT2D eigenvalue weighted by Crippen LogP contribution is 2.17. The van der Waals surface area contributed by atoms with Crippen molar-refractivity contribution in [3.8, 4) is 5.75 Å². The fourth-order valence-electron chi connectivity index (χ4n) is 2.49. The number of methoxy groups -OCH3 is 1. The van der Waals surface area contributed by atoms with Gasteiger partial charge in [-0.3, -0.25) is 9.59 Å². The summed E-state index contributed by atoms with van der Waals surface area (Å²) < 4.78 is 5.23. The maximum atomic E-state index is 12.6. The number of halogens is 1. The molecule has 7 heteroatoms. The van der Waals surface area contributed by atoms with E-state index in [1.165, 1.54) is 7.11 Å². The van der Waals surface area contributed by atoms with Crippen molar-refractivity contribution in [2.75, 3.05) is 19.1 Å². The molecule has 5 nitrogen and oxygen atoms in total. The highest BCUT2D eigenvalue weighted by atomic mass is 35.5. The normalized spacial score (nSPS) is 11.5. The number of carbonyl (C=O) groups excluding carboxylic acids is 2. The molecule has 1 atom stereocenters. The van der Waals surface area contributed by atoms with Crippen LogP contribution in [0.2, 0.25) is 5.02 Å². The van der Waals surface area contributed by atoms with Gasteiger partial charge in [0, 0.05) is 11.6 Å². The first-order valence-corrected chi connectivity index (χ1v) is 10.3. The molecule has 2 aromatic rings. The van der Waals surface area contributed by atoms with Crippen LogP contribution in [0.1, 0.15) is 22.3 Å². The van der Waals surface area contributed by atoms with E-state index >= 15 is 0 Å². The molecule has 0 saturated carbocycles. The molecule has 0 saturated heterocycles. The van der Waals surface area contributed by atoms with Gasteiger partial charge in [0.05, 0.1) is 12.7 Å². The average Bonchev–Trinajstić information content (AvgIpc) is 2.70. The van der Waals surface area contributed by atoms with Crippen LogP contribution >= 0.6 is 23.4 Å². The van der Waals surface area contributed by atoms with E-state index in [-0.39, 0.29) is 11.8 Å². The molecule has 0 heterocycles. The first-order valence-electron chi connectivity index (χ1n) is 8.50. The second-order valence-corrected chi connectivity index (χ2v) is 7.27. The third kappa shape index (κ3) is 6.48. The van der Waals surface area contributed by atoms with Crippen LogP contribution in [0.5, 0.6) is 5.75 Å². The minimum atomic E-state index is -0.623. The van der Waals surface area contributed by atoms with Crippen LogP contribution in [0, 0.1) is 0 Å². The number of rotatable bonds is 9. The molecular formula is C20H23ClN2O3S. The Morgan fingerprint density at radius 2 is 1.85 bits per heavy atom. The Morgan fingerprint density at radius 3 is 2.52 bits per heavy atom. The maximum Gasteiger partial charge on any atom is 0.255 e. The Kier molecular flexibility index (Phi) is 8.48. The number of thioether (sulfide) groups is 1. The van der Waals surface area contributed by atoms with Gasteiger partial charge in [-0.15, -0.1) is 0 Å². The monoisotopic (exact) mass is 406 g/mol. The molecule has 0 radical (unpaired) electrons. The molecule has 144 valence electrons. The third-order valence-electron chi connectivity index (χ3n) is 3.96. The molecule has 27 heavy (non-hydrogen) atoms. The highest BCUT2D eigenvalue weighted by molar-refractivity contribution is 7.98. The Labute approximate surface area is 168 Å². The molecule has 0 unspecified atom stereocenters. The van der Waals surface area contributed by atoms with Crippen molar-refractivity contribution in [3.63, 3.8) is 0 Å². The van der Waals surface area contributed by atoms with Crippen molar-refractivity contribution in [2.45, 2.75) is 19.0 Å². The summed E-state index contributed by atoms with van der Waals surface area (Å²) in [5.74, 6) is 0.674. The quantitative estimate of drug-likeness (QED) is 0.668. The summed E-state index contributed by atoms with van der Waals surface area (Å²) in [7, 11) is 1.51. The number of carbonyl (C=O) groups is 2. The van der Waals surface area contributed by atoms with Gasteiger partial charge in [0.25, 0.3) is 5.91 Å². The van der Waals surface area contributed by atoms with Crippen LogP contribution < -0.4 is 15.4 Å². The van der Waals surface area contributed by atoms with Crippen LogP contribution in [0.3, 0.4) is 0 Å². The zero-order valence-electron chi connectivity index (χ0n) is 15.3. The molecule has 0 aliphatic rings. The fraction of sp³-hybridized carbons (Fsp3) is 0.300. The fourth-order valence-corrected chi connectivity index (χ4v) is 3.08. The number of amides is 2. The van der Waals surface area contributed by atoms with Crippen LogP contribution in [-0.4, -0.2) is 37.0 Å². The maximum absolute atomic E-state index is 12.6. The summed E-state index contributed by atoms with van der Waals surface area (Å²) in [6.07, 6.45) is 2.50. The lowest BCUT2D eigenvalue weighted by molar-refractivity contribution is -0.123. The van der Waals surface area contributed by atoms with E-state index < -0.39 is 6.04 Å². The van der Waals surface area contributed by atoms with E-state index in [0.29, 0.717) is 29.3 Å². The molecule has 0 aromatic heterocycles. The smallest absolute Gasteiger partial charge is 0.255 e. The van der Waals surface area contributed by atoms with Crippen molar-refractivity contribution in [1.82, 2.24) is 10.6 Å². The lowest BCUT2D eigenvalue weighted by Crippen LogP contribution is -2.47. The third-order valence-corrected chi connectivity index (χ3v) is 4.86. The minimum absolute atomic E-state index is 0.220. The zero-order valence-corrected chi connectivity index (χ0v) is 16.9. The van der Waals surface area contributed by atoms with Gasteiger partial charge in [0.15, 0.2) is 0 Å². The lowest BCUT2D eigenvalue weighted by Gasteiger charge is -2.19. The summed E-state index contributed by atoms with van der Waals surface area (Å²) in [6.45, 7) is 0.371. The van der Waals surface area contributed by atoms with E-state index in [0.717, 1.165) is 11.3 Å². The molecule has 2 N–H and O–H groups in total. The first-order chi connectivity index (χ1) is 13.0. The van der Waals surface area contributed by atoms with Gasteiger partial charge in [-0.1, -0.05) is 35.9 Å². The Balaban J connectivity index is 2.03. The van der Waals surface area contributed by atoms with Gasteiger partial charge in [-0.2, -0.15) is 11.8 Å². The highest BCUT2D eigenvalue weighted by Gasteiger charge is 2.22. The van der Waals surface area contributed by atoms with Crippen LogP contribution in [0.25, 0.3) is 0 Å². The van der Waals surface area contributed by atoms with Gasteiger partial charge in [0.2, 0.25) is 5.91 Å². The molecule has 2 aromatic carbocycles. The SMILES string of the molecule is COc1ccccc1C(=O)N[C@H](CCSC)C(=O)NCc1ccc(Cl)cc1. The molecule has 0 spiro atoms. The Hall–Kier alpha value is -2.18. The number of para-hydroxylation sites is 1. The van der Waals surface area contributed by atoms with E-state index in [9.17, 15) is 9.59 Å². The Morgan fingerprint density at radius 1 is 1.15 bits per heavy atom. The van der Waals surface area contributed by atoms with Crippen molar-refractivity contribution < 1.29 is 14.3 Å². The molecule has 2 rings (SSSR count). The van der Waals surface area contributed by atoms with E-state index in [2.05, 4.69) is 10.6 Å². The molecule has 0 bridgehead atoms. The molecule has 2 amide bonds. The predicted molar refractivity (Wildman–Crippen MR) is 111 cm³/mol. The second-order valence-electron chi connectivity index (χ2n) is 5.85. The van der Waals surface area contributed by atoms with Crippen LogP contribution in [-0.2, 0) is 11.3 Å². The Bertz CT molecular complexity index is 768. The van der Waals surface area contributed by atoms with E-state index in [1.807, 2.05) is 18.4 Å². The van der Waals surface area contributed by atoms with E-state index in [4.69, 9.17) is 16.3 Å². The average molecular weight is 407 g/mol. The first kappa shape index (κ1) is 21.1. The van der Waals surface area contributed by atoms with E-state index in [1.54, 1.807) is 48.2 Å². The predicted octanol–water partition coefficient (Wildman–Crippen LogP) is 3.52. The van der Waals surface area contributed by atoms with Gasteiger partial charge < -0.3 is 15.4 Å². The van der Waals surface area contributed by atoms with Crippen LogP contribution in [0.4, 0.5) is 0 Å². The number of nitrogens with one attached hydrogen (secondary N) is 2. The lowest BCUT2D eigenvalue weighted by atomic mass is 10.1. The summed E-state index contributed by atoms with van der Waals surface area (Å²) in [5, 5.41) is 6.34. The van der Waals surface area contributed by atoms with Crippen molar-refractivity contribution >= 4 is 35.2 Å². The second kappa shape index (κ2) is 10.8. The minimum Gasteiger partial charge on any atom is -0.496 e. The summed E-state index contributed by atoms with van der Waals surface area (Å²) in [5.41, 5.74) is 1.34. The summed E-state index contributed by atoms with van der Waals surface area (Å²) in [4.78, 5) is 25.2. The number of hydrogen-bond acceptors (Lipinski definition) is 4. The van der Waals surface area contributed by atoms with Crippen molar-refractivity contribution in [3.05, 3.63) is 64.7 Å². The van der Waals surface area contributed by atoms with Gasteiger partial charge in [-0.25, -0.2) is 0 Å². The van der Waals surface area contributed by atoms with Gasteiger partial charge in [0.1, 0.15) is 11.8 Å². The standard InChI is InChI=1S/C20H23ClN2O3S/c1-26-18-6-4-3-5-16(18)19(24)23-17(11-12-27-2)20(25)22-13-14-7-9-15(21)10-8-14/h3-10,17H,11-13H2,1-2H3,(H,22,25)(H,23,24)/t17-/m1/s1. The largest absolute Gasteiger partial charge is 0.496 e. The number of ether oxygens (including phenoxy) is 1. The molecule has 0 fully saturated rings. The van der Waals surface area contributed by atoms with Crippen LogP contribution in [0.15, 0.2) is 48.5 Å². The van der Waals surface area contributed by atoms with Gasteiger partial charge in [-0.05, 0) is 48.3 Å². The number of hydrogen-bond donors (Lipinski definition) is 2. The zero-order chi connectivity index (χ0) is 19.6. The molecular weight excluding hydrogens is 384 g/mol. The molecule has 0 aliphatic heterocycles. The van der Waals surface area contributed by atoms with Crippen molar-refractivity contribution in [2.24, 2.45) is 0 Å². The topological polar surface area (TPSA) is 67.4 Å². The summed E-state index contributed by atoms with van der Waals surface area (Å²) in [6, 6.07) is 13.6.